The minimum Gasteiger partial charge on any atom is -0.748 e. The van der Waals surface area contributed by atoms with Gasteiger partial charge in [-0.25, -0.2) is 30.0 Å². The van der Waals surface area contributed by atoms with Gasteiger partial charge in [-0.15, -0.1) is 5.06 Å². The van der Waals surface area contributed by atoms with Crippen molar-refractivity contribution >= 4 is 86.8 Å². The first-order chi connectivity index (χ1) is 29.9. The topological polar surface area (TPSA) is 242 Å². The third-order valence-corrected chi connectivity index (χ3v) is 14.7. The Hall–Kier alpha value is -4.31. The molecule has 3 aliphatic rings. The van der Waals surface area contributed by atoms with Crippen molar-refractivity contribution in [2.24, 2.45) is 0 Å². The van der Waals surface area contributed by atoms with Gasteiger partial charge in [0.05, 0.1) is 25.3 Å². The molecule has 7 rings (SSSR count). The van der Waals surface area contributed by atoms with Gasteiger partial charge in [0, 0.05) is 72.5 Å². The zero-order chi connectivity index (χ0) is 46.6. The van der Waals surface area contributed by atoms with Gasteiger partial charge >= 0.3 is 35.5 Å². The van der Waals surface area contributed by atoms with Crippen molar-refractivity contribution in [2.45, 2.75) is 99.7 Å². The van der Waals surface area contributed by atoms with Crippen LogP contribution >= 0.6 is 0 Å². The van der Waals surface area contributed by atoms with E-state index in [1.165, 1.54) is 24.3 Å². The predicted octanol–water partition coefficient (Wildman–Crippen LogP) is 2.91. The van der Waals surface area contributed by atoms with Crippen molar-refractivity contribution in [2.75, 3.05) is 23.7 Å². The number of benzene rings is 4. The maximum Gasteiger partial charge on any atom is 1.00 e. The molecule has 0 aliphatic carbocycles. The van der Waals surface area contributed by atoms with E-state index in [1.807, 2.05) is 58.1 Å². The van der Waals surface area contributed by atoms with Crippen LogP contribution in [0.3, 0.4) is 0 Å². The van der Waals surface area contributed by atoms with Crippen LogP contribution in [-0.2, 0) is 60.4 Å². The molecule has 0 saturated carbocycles. The number of rotatable bonds is 16. The van der Waals surface area contributed by atoms with Gasteiger partial charge in [-0.2, -0.15) is 4.58 Å². The molecule has 65 heavy (non-hydrogen) atoms. The Morgan fingerprint density at radius 2 is 1.32 bits per heavy atom. The van der Waals surface area contributed by atoms with Crippen LogP contribution in [0.25, 0.3) is 21.5 Å². The van der Waals surface area contributed by atoms with Crippen LogP contribution in [0.4, 0.5) is 11.4 Å². The van der Waals surface area contributed by atoms with E-state index in [-0.39, 0.29) is 65.0 Å². The van der Waals surface area contributed by atoms with E-state index in [2.05, 4.69) is 9.48 Å². The first-order valence-electron chi connectivity index (χ1n) is 20.8. The van der Waals surface area contributed by atoms with Gasteiger partial charge in [0.2, 0.25) is 5.69 Å². The third kappa shape index (κ3) is 10.3. The molecule has 3 aliphatic heterocycles. The summed E-state index contributed by atoms with van der Waals surface area (Å²) in [5, 5.41) is 3.14. The summed E-state index contributed by atoms with van der Waals surface area (Å²) in [6, 6.07) is 15.8. The molecule has 3 heterocycles. The fraction of sp³-hybridized carbons (Fsp3) is 0.378. The van der Waals surface area contributed by atoms with E-state index in [4.69, 9.17) is 4.84 Å². The monoisotopic (exact) mass is 956 g/mol. The van der Waals surface area contributed by atoms with Crippen molar-refractivity contribution in [3.05, 3.63) is 95.7 Å². The zero-order valence-electron chi connectivity index (χ0n) is 36.7. The molecule has 1 saturated heterocycles. The van der Waals surface area contributed by atoms with E-state index in [0.717, 1.165) is 44.7 Å². The number of unbranched alkanes of at least 4 members (excludes halogenated alkanes) is 3. The van der Waals surface area contributed by atoms with Crippen molar-refractivity contribution in [1.82, 2.24) is 5.06 Å². The van der Waals surface area contributed by atoms with Gasteiger partial charge in [-0.05, 0) is 109 Å². The van der Waals surface area contributed by atoms with Crippen LogP contribution in [0.1, 0.15) is 90.2 Å². The van der Waals surface area contributed by atoms with E-state index >= 15 is 0 Å². The summed E-state index contributed by atoms with van der Waals surface area (Å²) in [6.07, 6.45) is 7.99. The van der Waals surface area contributed by atoms with Crippen molar-refractivity contribution in [3.63, 3.8) is 0 Å². The van der Waals surface area contributed by atoms with E-state index in [0.29, 0.717) is 54.6 Å². The molecule has 2 amide bonds. The van der Waals surface area contributed by atoms with Crippen LogP contribution in [0, 0.1) is 0 Å². The number of carbonyl (C=O) groups is 3. The second kappa shape index (κ2) is 18.8. The minimum atomic E-state index is -4.72. The number of imide groups is 1. The molecule has 0 unspecified atom stereocenters. The molecule has 20 heteroatoms. The number of carbonyl (C=O) groups excluding carboxylic acids is 3. The molecule has 4 aromatic rings. The van der Waals surface area contributed by atoms with Gasteiger partial charge in [0.15, 0.2) is 5.71 Å². The van der Waals surface area contributed by atoms with Gasteiger partial charge in [0.25, 0.3) is 11.8 Å². The fourth-order valence-electron chi connectivity index (χ4n) is 9.24. The summed E-state index contributed by atoms with van der Waals surface area (Å²) in [7, 11) is -13.9. The first-order valence-corrected chi connectivity index (χ1v) is 25.2. The van der Waals surface area contributed by atoms with E-state index < -0.39 is 64.7 Å². The van der Waals surface area contributed by atoms with Gasteiger partial charge in [-0.1, -0.05) is 38.1 Å². The Morgan fingerprint density at radius 3 is 1.91 bits per heavy atom. The van der Waals surface area contributed by atoms with Gasteiger partial charge in [-0.3, -0.25) is 9.59 Å². The fourth-order valence-corrected chi connectivity index (χ4v) is 10.8. The number of nitrogens with zero attached hydrogens (tertiary/aromatic N) is 3. The Morgan fingerprint density at radius 1 is 0.738 bits per heavy atom. The number of allylic oxidation sites excluding steroid dienone is 4. The molecule has 340 valence electrons. The molecular weight excluding hydrogens is 910 g/mol. The van der Waals surface area contributed by atoms with Crippen LogP contribution < -0.4 is 34.5 Å². The Bertz CT molecular complexity index is 3050. The number of anilines is 1. The summed E-state index contributed by atoms with van der Waals surface area (Å²) in [5.41, 5.74) is 3.78. The molecule has 0 bridgehead atoms. The molecule has 0 spiro atoms. The average Bonchev–Trinajstić information content (AvgIpc) is 3.72. The number of fused-ring (bicyclic) bond motifs is 6. The SMILES string of the molecule is CC1(C)C(=CC=CC2=[N+](CCCCCC(=O)ON3C(=O)CCC3=O)c3ccc4cc(S(=O)(=O)[O-])ccc4c3C2(C)C)N(CCCCS(=O)(=O)[O-])c2ccc3cc(S(=O)(=O)[O-])ccc3c21.[Na+]. The normalized spacial score (nSPS) is 17.7. The molecule has 1 fully saturated rings. The number of hydrogen-bond donors (Lipinski definition) is 0. The minimum absolute atomic E-state index is 0. The van der Waals surface area contributed by atoms with Gasteiger partial charge < -0.3 is 23.4 Å². The summed E-state index contributed by atoms with van der Waals surface area (Å²) in [5.74, 6) is -2.30. The Kier molecular flexibility index (Phi) is 14.5. The number of hydroxylamine groups is 2. The summed E-state index contributed by atoms with van der Waals surface area (Å²) < 4.78 is 108. The number of amides is 2. The second-order valence-electron chi connectivity index (χ2n) is 17.3. The van der Waals surface area contributed by atoms with Crippen LogP contribution in [0.2, 0.25) is 0 Å². The molecular formula is C45H47N3NaO13S3-. The maximum atomic E-state index is 12.5. The zero-order valence-corrected chi connectivity index (χ0v) is 41.1. The standard InChI is InChI=1S/C45H49N3O13S3.Na/c1-44(2)37(11-10-12-38-45(3,4)43-34-19-17-32(64(58,59)60)28-30(34)15-21-36(43)47(38)25-8-9-26-62(52,53)54)46(24-7-5-6-13-41(51)61-48-39(49)22-23-40(48)50)35-20-14-29-27-31(63(55,56)57)16-18-33(29)42(35)44;/h10-12,14-21,27-28H,5-9,13,22-26H2,1-4H3,(H2-,52,53,54,55,56,57,58,59,60);/q;+1/p-2. The molecule has 0 atom stereocenters. The molecule has 4 aromatic carbocycles. The summed E-state index contributed by atoms with van der Waals surface area (Å²) in [6.45, 7) is 8.97. The average molecular weight is 957 g/mol. The van der Waals surface area contributed by atoms with Crippen molar-refractivity contribution < 1.29 is 92.3 Å². The quantitative estimate of drug-likeness (QED) is 0.0516. The van der Waals surface area contributed by atoms with Crippen molar-refractivity contribution in [1.29, 1.82) is 0 Å². The smallest absolute Gasteiger partial charge is 0.748 e. The number of hydrogen-bond acceptors (Lipinski definition) is 14. The van der Waals surface area contributed by atoms with E-state index in [9.17, 15) is 53.3 Å². The Labute approximate surface area is 400 Å². The van der Waals surface area contributed by atoms with Gasteiger partial charge in [0.1, 0.15) is 26.8 Å². The Balaban J connectivity index is 0.00000700. The molecule has 0 radical (unpaired) electrons. The van der Waals surface area contributed by atoms with Crippen LogP contribution in [0.15, 0.2) is 94.4 Å². The molecule has 16 nitrogen and oxygen atoms in total. The molecule has 0 N–H and O–H groups in total. The first kappa shape index (κ1) is 50.1. The van der Waals surface area contributed by atoms with Crippen LogP contribution in [-0.4, -0.2) is 90.9 Å². The molecule has 0 aromatic heterocycles. The third-order valence-electron chi connectivity index (χ3n) is 12.2. The van der Waals surface area contributed by atoms with E-state index in [1.54, 1.807) is 24.3 Å². The largest absolute Gasteiger partial charge is 1.00 e. The second-order valence-corrected chi connectivity index (χ2v) is 21.6. The summed E-state index contributed by atoms with van der Waals surface area (Å²) >= 11 is 0. The van der Waals surface area contributed by atoms with Crippen molar-refractivity contribution in [3.8, 4) is 0 Å². The van der Waals surface area contributed by atoms with Crippen LogP contribution in [0.5, 0.6) is 0 Å². The predicted molar refractivity (Wildman–Crippen MR) is 234 cm³/mol. The maximum absolute atomic E-state index is 12.5. The summed E-state index contributed by atoms with van der Waals surface area (Å²) in [4.78, 5) is 42.7.